The van der Waals surface area contributed by atoms with Gasteiger partial charge in [-0.05, 0) is 24.1 Å². The fourth-order valence-electron chi connectivity index (χ4n) is 3.86. The van der Waals surface area contributed by atoms with E-state index in [9.17, 15) is 23.1 Å². The number of aliphatic hydroxyl groups is 1. The topological polar surface area (TPSA) is 115 Å². The van der Waals surface area contributed by atoms with Crippen LogP contribution >= 0.6 is 0 Å². The third-order valence-electron chi connectivity index (χ3n) is 5.79. The fourth-order valence-corrected chi connectivity index (χ4v) is 3.86. The number of carbonyl (C=O) groups is 1. The number of carbonyl (C=O) groups excluding carboxylic acids is 1. The van der Waals surface area contributed by atoms with Crippen molar-refractivity contribution >= 4 is 5.78 Å². The molecular weight excluding hydrogens is 501 g/mol. The molecule has 0 aliphatic carbocycles. The van der Waals surface area contributed by atoms with Crippen molar-refractivity contribution in [3.8, 4) is 34.3 Å². The molecule has 0 bridgehead atoms. The zero-order valence-electron chi connectivity index (χ0n) is 19.6. The van der Waals surface area contributed by atoms with Gasteiger partial charge in [0.2, 0.25) is 11.6 Å². The van der Waals surface area contributed by atoms with Crippen molar-refractivity contribution in [1.82, 2.24) is 20.3 Å². The van der Waals surface area contributed by atoms with Crippen LogP contribution in [0.1, 0.15) is 29.3 Å². The van der Waals surface area contributed by atoms with Gasteiger partial charge >= 0.3 is 6.18 Å². The van der Waals surface area contributed by atoms with Gasteiger partial charge in [0.25, 0.3) is 5.89 Å². The Labute approximate surface area is 213 Å². The van der Waals surface area contributed by atoms with Crippen molar-refractivity contribution < 1.29 is 32.1 Å². The fraction of sp³-hybridized carbons (Fsp3) is 0.148. The number of hydrogen-bond acceptors (Lipinski definition) is 8. The van der Waals surface area contributed by atoms with Crippen molar-refractivity contribution in [2.24, 2.45) is 0 Å². The molecule has 192 valence electrons. The van der Waals surface area contributed by atoms with Crippen LogP contribution in [0.2, 0.25) is 0 Å². The lowest BCUT2D eigenvalue weighted by Gasteiger charge is -2.10. The van der Waals surface area contributed by atoms with Crippen LogP contribution in [-0.2, 0) is 17.4 Å². The monoisotopic (exact) mass is 520 g/mol. The number of aryl methyl sites for hydroxylation is 1. The summed E-state index contributed by atoms with van der Waals surface area (Å²) < 4.78 is 51.9. The van der Waals surface area contributed by atoms with Crippen LogP contribution in [0.15, 0.2) is 88.0 Å². The molecule has 5 rings (SSSR count). The van der Waals surface area contributed by atoms with Crippen LogP contribution in [0.25, 0.3) is 34.3 Å². The van der Waals surface area contributed by atoms with Gasteiger partial charge in [-0.2, -0.15) is 18.2 Å². The first-order valence-electron chi connectivity index (χ1n) is 11.5. The number of aliphatic hydroxyl groups excluding tert-OH is 1. The summed E-state index contributed by atoms with van der Waals surface area (Å²) in [7, 11) is 0. The van der Waals surface area contributed by atoms with Crippen LogP contribution in [0.5, 0.6) is 0 Å². The van der Waals surface area contributed by atoms with Gasteiger partial charge < -0.3 is 14.2 Å². The molecule has 2 aromatic carbocycles. The van der Waals surface area contributed by atoms with Crippen molar-refractivity contribution in [2.75, 3.05) is 0 Å². The lowest BCUT2D eigenvalue weighted by molar-refractivity contribution is -0.137. The molecule has 1 N–H and O–H groups in total. The van der Waals surface area contributed by atoms with Gasteiger partial charge in [-0.25, -0.2) is 0 Å². The van der Waals surface area contributed by atoms with Gasteiger partial charge in [0.05, 0.1) is 0 Å². The van der Waals surface area contributed by atoms with Gasteiger partial charge in [0.1, 0.15) is 17.4 Å². The molecule has 0 saturated carbocycles. The molecule has 11 heteroatoms. The molecule has 0 amide bonds. The number of halogens is 3. The molecule has 0 aliphatic heterocycles. The van der Waals surface area contributed by atoms with Crippen LogP contribution < -0.4 is 0 Å². The molecule has 0 aliphatic rings. The number of Topliss-reactive ketones (excluding diaryl/α,β-unsaturated/α-hetero) is 1. The second-order valence-electron chi connectivity index (χ2n) is 8.33. The zero-order chi connectivity index (χ0) is 26.7. The van der Waals surface area contributed by atoms with Gasteiger partial charge in [-0.15, -0.1) is 0 Å². The van der Waals surface area contributed by atoms with E-state index in [4.69, 9.17) is 9.05 Å². The lowest BCUT2D eigenvalue weighted by Crippen LogP contribution is -2.13. The second kappa shape index (κ2) is 10.4. The Bertz CT molecular complexity index is 1530. The summed E-state index contributed by atoms with van der Waals surface area (Å²) in [5, 5.41) is 17.8. The number of rotatable bonds is 8. The highest BCUT2D eigenvalue weighted by molar-refractivity contribution is 5.84. The van der Waals surface area contributed by atoms with Crippen molar-refractivity contribution in [2.45, 2.75) is 25.1 Å². The van der Waals surface area contributed by atoms with E-state index in [1.807, 2.05) is 6.07 Å². The Balaban J connectivity index is 1.34. The molecule has 1 atom stereocenters. The summed E-state index contributed by atoms with van der Waals surface area (Å²) in [6.45, 7) is 0. The molecule has 3 aromatic heterocycles. The third kappa shape index (κ3) is 5.23. The highest BCUT2D eigenvalue weighted by Gasteiger charge is 2.43. The van der Waals surface area contributed by atoms with Crippen LogP contribution in [0.4, 0.5) is 13.2 Å². The van der Waals surface area contributed by atoms with Crippen LogP contribution in [-0.4, -0.2) is 31.2 Å². The molecule has 8 nitrogen and oxygen atoms in total. The minimum absolute atomic E-state index is 0.00620. The lowest BCUT2D eigenvalue weighted by atomic mass is 10.0. The first-order valence-corrected chi connectivity index (χ1v) is 11.5. The Morgan fingerprint density at radius 2 is 1.63 bits per heavy atom. The molecule has 0 spiro atoms. The summed E-state index contributed by atoms with van der Waals surface area (Å²) in [5.74, 6) is -1.56. The maximum absolute atomic E-state index is 13.9. The Morgan fingerprint density at radius 3 is 2.32 bits per heavy atom. The Kier molecular flexibility index (Phi) is 6.84. The number of aromatic nitrogens is 4. The van der Waals surface area contributed by atoms with Gasteiger partial charge in [-0.1, -0.05) is 71.0 Å². The van der Waals surface area contributed by atoms with Gasteiger partial charge in [-0.3, -0.25) is 9.78 Å². The van der Waals surface area contributed by atoms with E-state index < -0.39 is 29.5 Å². The molecule has 0 radical (unpaired) electrons. The van der Waals surface area contributed by atoms with E-state index in [-0.39, 0.29) is 29.3 Å². The average Bonchev–Trinajstić information content (AvgIpc) is 3.60. The Hall–Kier alpha value is -4.64. The highest BCUT2D eigenvalue weighted by atomic mass is 19.4. The molecule has 0 fully saturated rings. The average molecular weight is 520 g/mol. The van der Waals surface area contributed by atoms with Crippen LogP contribution in [0.3, 0.4) is 0 Å². The van der Waals surface area contributed by atoms with Crippen molar-refractivity contribution in [1.29, 1.82) is 0 Å². The van der Waals surface area contributed by atoms with Gasteiger partial charge in [0.15, 0.2) is 5.78 Å². The molecule has 3 heterocycles. The number of ketones is 1. The second-order valence-corrected chi connectivity index (χ2v) is 8.33. The summed E-state index contributed by atoms with van der Waals surface area (Å²) in [4.78, 5) is 20.6. The maximum atomic E-state index is 13.9. The molecule has 38 heavy (non-hydrogen) atoms. The first-order chi connectivity index (χ1) is 18.3. The minimum atomic E-state index is -4.80. The third-order valence-corrected chi connectivity index (χ3v) is 5.79. The van der Waals surface area contributed by atoms with Crippen LogP contribution in [0, 0.1) is 0 Å². The number of alkyl halides is 3. The van der Waals surface area contributed by atoms with Gasteiger partial charge in [0, 0.05) is 29.4 Å². The first kappa shape index (κ1) is 25.0. The molecule has 5 aromatic rings. The standard InChI is InChI=1S/C27H19F3N4O4/c28-27(29,30)21-22(16-6-2-1-3-7-16)33-37-24(21)26-32-25(34-38-26)18-11-9-17(10-12-18)23(36)20(35)14-13-19-8-4-5-15-31-19/h1-12,15,23,36H,13-14H2. The quantitative estimate of drug-likeness (QED) is 0.277. The number of pyridine rings is 1. The van der Waals surface area contributed by atoms with E-state index in [0.29, 0.717) is 17.5 Å². The van der Waals surface area contributed by atoms with Crippen molar-refractivity contribution in [3.63, 3.8) is 0 Å². The normalized spacial score (nSPS) is 12.4. The minimum Gasteiger partial charge on any atom is -0.381 e. The highest BCUT2D eigenvalue weighted by Crippen LogP contribution is 2.43. The number of hydrogen-bond donors (Lipinski definition) is 1. The predicted molar refractivity (Wildman–Crippen MR) is 128 cm³/mol. The smallest absolute Gasteiger partial charge is 0.381 e. The maximum Gasteiger partial charge on any atom is 0.422 e. The summed E-state index contributed by atoms with van der Waals surface area (Å²) >= 11 is 0. The van der Waals surface area contributed by atoms with E-state index in [0.717, 1.165) is 5.69 Å². The number of benzene rings is 2. The molecule has 1 unspecified atom stereocenters. The molecule has 0 saturated heterocycles. The Morgan fingerprint density at radius 1 is 0.895 bits per heavy atom. The van der Waals surface area contributed by atoms with E-state index >= 15 is 0 Å². The SMILES string of the molecule is O=C(CCc1ccccn1)C(O)c1ccc(-c2noc(-c3onc(-c4ccccc4)c3C(F)(F)F)n2)cc1. The predicted octanol–water partition coefficient (Wildman–Crippen LogP) is 5.71. The van der Waals surface area contributed by atoms with E-state index in [1.165, 1.54) is 36.4 Å². The summed E-state index contributed by atoms with van der Waals surface area (Å²) in [5.41, 5.74) is 0.199. The largest absolute Gasteiger partial charge is 0.422 e. The van der Waals surface area contributed by atoms with E-state index in [1.54, 1.807) is 36.5 Å². The number of nitrogens with zero attached hydrogens (tertiary/aromatic N) is 4. The summed E-state index contributed by atoms with van der Waals surface area (Å²) in [6.07, 6.45) is -4.00. The molecular formula is C27H19F3N4O4. The zero-order valence-corrected chi connectivity index (χ0v) is 19.6. The van der Waals surface area contributed by atoms with Crippen molar-refractivity contribution in [3.05, 3.63) is 95.8 Å². The van der Waals surface area contributed by atoms with E-state index in [2.05, 4.69) is 20.3 Å². The summed E-state index contributed by atoms with van der Waals surface area (Å²) in [6, 6.07) is 19.3.